The van der Waals surface area contributed by atoms with E-state index in [0.717, 1.165) is 0 Å². The molecule has 0 fully saturated rings. The fourth-order valence-corrected chi connectivity index (χ4v) is 0.438. The van der Waals surface area contributed by atoms with Gasteiger partial charge in [-0.15, -0.1) is 0 Å². The predicted molar refractivity (Wildman–Crippen MR) is 42.2 cm³/mol. The molecule has 0 aromatic rings. The average molecular weight is 125 g/mol. The Morgan fingerprint density at radius 3 is 2.33 bits per heavy atom. The van der Waals surface area contributed by atoms with Crippen LogP contribution in [0.2, 0.25) is 0 Å². The number of rotatable bonds is 3. The second-order valence-electron chi connectivity index (χ2n) is 2.28. The van der Waals surface area contributed by atoms with Crippen LogP contribution in [0.1, 0.15) is 13.8 Å². The molecule has 0 heterocycles. The van der Waals surface area contributed by atoms with Crippen molar-refractivity contribution in [1.29, 1.82) is 0 Å². The summed E-state index contributed by atoms with van der Waals surface area (Å²) in [5.41, 5.74) is 0. The van der Waals surface area contributed by atoms with Gasteiger partial charge >= 0.3 is 0 Å². The van der Waals surface area contributed by atoms with Gasteiger partial charge in [-0.3, -0.25) is 0 Å². The van der Waals surface area contributed by atoms with E-state index >= 15 is 0 Å². The highest BCUT2D eigenvalue weighted by Gasteiger charge is 1.78. The summed E-state index contributed by atoms with van der Waals surface area (Å²) < 4.78 is 0. The van der Waals surface area contributed by atoms with E-state index in [9.17, 15) is 0 Å². The van der Waals surface area contributed by atoms with Gasteiger partial charge in [0.15, 0.2) is 0 Å². The summed E-state index contributed by atoms with van der Waals surface area (Å²) in [5.74, 6) is 0.645. The van der Waals surface area contributed by atoms with Gasteiger partial charge in [0.25, 0.3) is 0 Å². The van der Waals surface area contributed by atoms with Crippen LogP contribution in [0, 0.1) is 5.92 Å². The van der Waals surface area contributed by atoms with Crippen molar-refractivity contribution in [2.45, 2.75) is 13.8 Å². The molecular weight excluding hydrogens is 110 g/mol. The minimum Gasteiger partial charge on any atom is -0.394 e. The van der Waals surface area contributed by atoms with Gasteiger partial charge in [-0.2, -0.15) is 0 Å². The summed E-state index contributed by atoms with van der Waals surface area (Å²) in [7, 11) is 1.89. The molecule has 1 nitrogen and oxygen atoms in total. The molecule has 52 valence electrons. The van der Waals surface area contributed by atoms with Crippen molar-refractivity contribution < 1.29 is 0 Å². The minimum absolute atomic E-state index is 0.645. The van der Waals surface area contributed by atoms with Crippen LogP contribution in [0.5, 0.6) is 0 Å². The highest BCUT2D eigenvalue weighted by Crippen LogP contribution is 1.92. The van der Waals surface area contributed by atoms with Gasteiger partial charge in [-0.1, -0.05) is 26.0 Å². The normalized spacial score (nSPS) is 12.0. The highest BCUT2D eigenvalue weighted by atomic mass is 14.8. The van der Waals surface area contributed by atoms with Crippen LogP contribution >= 0.6 is 0 Å². The van der Waals surface area contributed by atoms with Gasteiger partial charge in [0, 0.05) is 7.05 Å². The van der Waals surface area contributed by atoms with Gasteiger partial charge in [0.05, 0.1) is 0 Å². The maximum atomic E-state index is 2.91. The van der Waals surface area contributed by atoms with Gasteiger partial charge in [-0.05, 0) is 18.2 Å². The Kier molecular flexibility index (Phi) is 4.98. The van der Waals surface area contributed by atoms with Crippen LogP contribution in [-0.2, 0) is 0 Å². The number of nitrogens with one attached hydrogen (secondary N) is 1. The van der Waals surface area contributed by atoms with E-state index in [0.29, 0.717) is 5.92 Å². The van der Waals surface area contributed by atoms with Crippen molar-refractivity contribution in [3.63, 3.8) is 0 Å². The lowest BCUT2D eigenvalue weighted by molar-refractivity contribution is 0.832. The Bertz CT molecular complexity index is 101. The molecule has 0 rings (SSSR count). The van der Waals surface area contributed by atoms with Gasteiger partial charge in [0.2, 0.25) is 0 Å². The van der Waals surface area contributed by atoms with Crippen molar-refractivity contribution in [2.24, 2.45) is 5.92 Å². The first-order chi connectivity index (χ1) is 4.27. The zero-order valence-corrected chi connectivity index (χ0v) is 6.39. The van der Waals surface area contributed by atoms with E-state index in [4.69, 9.17) is 0 Å². The molecule has 0 spiro atoms. The zero-order valence-electron chi connectivity index (χ0n) is 6.39. The smallest absolute Gasteiger partial charge is 0.00277 e. The third-order valence-corrected chi connectivity index (χ3v) is 0.870. The summed E-state index contributed by atoms with van der Waals surface area (Å²) in [6, 6.07) is 0. The second-order valence-corrected chi connectivity index (χ2v) is 2.28. The minimum atomic E-state index is 0.645. The molecule has 1 N–H and O–H groups in total. The van der Waals surface area contributed by atoms with Crippen molar-refractivity contribution in [3.05, 3.63) is 24.4 Å². The van der Waals surface area contributed by atoms with Gasteiger partial charge in [0.1, 0.15) is 0 Å². The Balaban J connectivity index is 3.35. The van der Waals surface area contributed by atoms with E-state index in [1.165, 1.54) is 0 Å². The first-order valence-electron chi connectivity index (χ1n) is 3.28. The molecule has 9 heavy (non-hydrogen) atoms. The third-order valence-electron chi connectivity index (χ3n) is 0.870. The van der Waals surface area contributed by atoms with E-state index in [1.807, 2.05) is 25.4 Å². The highest BCUT2D eigenvalue weighted by molar-refractivity contribution is 5.02. The van der Waals surface area contributed by atoms with Crippen LogP contribution in [0.3, 0.4) is 0 Å². The molecule has 0 saturated carbocycles. The monoisotopic (exact) mass is 125 g/mol. The number of hydrogen-bond acceptors (Lipinski definition) is 1. The summed E-state index contributed by atoms with van der Waals surface area (Å²) >= 11 is 0. The zero-order chi connectivity index (χ0) is 7.11. The fraction of sp³-hybridized carbons (Fsp3) is 0.500. The quantitative estimate of drug-likeness (QED) is 0.568. The molecule has 0 atom stereocenters. The molecule has 0 aliphatic carbocycles. The van der Waals surface area contributed by atoms with Crippen LogP contribution < -0.4 is 5.32 Å². The summed E-state index contributed by atoms with van der Waals surface area (Å²) in [4.78, 5) is 0. The Labute approximate surface area is 57.5 Å². The predicted octanol–water partition coefficient (Wildman–Crippen LogP) is 1.93. The molecule has 0 aliphatic heterocycles. The van der Waals surface area contributed by atoms with E-state index in [-0.39, 0.29) is 0 Å². The maximum absolute atomic E-state index is 2.91. The summed E-state index contributed by atoms with van der Waals surface area (Å²) in [5, 5.41) is 2.91. The Morgan fingerprint density at radius 2 is 1.89 bits per heavy atom. The van der Waals surface area contributed by atoms with E-state index in [2.05, 4.69) is 25.2 Å². The van der Waals surface area contributed by atoms with Crippen molar-refractivity contribution >= 4 is 0 Å². The van der Waals surface area contributed by atoms with Crippen LogP contribution in [0.4, 0.5) is 0 Å². The lowest BCUT2D eigenvalue weighted by Crippen LogP contribution is -1.89. The Morgan fingerprint density at radius 1 is 1.22 bits per heavy atom. The third kappa shape index (κ3) is 7.28. The van der Waals surface area contributed by atoms with Gasteiger partial charge in [-0.25, -0.2) is 0 Å². The molecule has 0 amide bonds. The fourth-order valence-electron chi connectivity index (χ4n) is 0.438. The summed E-state index contributed by atoms with van der Waals surface area (Å²) in [6.07, 6.45) is 8.08. The second kappa shape index (κ2) is 5.42. The molecule has 0 aromatic carbocycles. The van der Waals surface area contributed by atoms with Crippen molar-refractivity contribution in [2.75, 3.05) is 7.05 Å². The molecule has 0 unspecified atom stereocenters. The first-order valence-corrected chi connectivity index (χ1v) is 3.28. The first kappa shape index (κ1) is 8.28. The van der Waals surface area contributed by atoms with Crippen molar-refractivity contribution in [1.82, 2.24) is 5.32 Å². The maximum Gasteiger partial charge on any atom is 0.00277 e. The lowest BCUT2D eigenvalue weighted by Gasteiger charge is -1.88. The average Bonchev–Trinajstić information content (AvgIpc) is 1.80. The summed E-state index contributed by atoms with van der Waals surface area (Å²) in [6.45, 7) is 4.31. The number of allylic oxidation sites excluding steroid dienone is 3. The van der Waals surface area contributed by atoms with E-state index in [1.54, 1.807) is 0 Å². The van der Waals surface area contributed by atoms with Crippen LogP contribution in [0.15, 0.2) is 24.4 Å². The number of hydrogen-bond donors (Lipinski definition) is 1. The SMILES string of the molecule is CN/C=C\C=C/C(C)C. The lowest BCUT2D eigenvalue weighted by atomic mass is 10.2. The van der Waals surface area contributed by atoms with Crippen LogP contribution in [-0.4, -0.2) is 7.05 Å². The molecule has 0 radical (unpaired) electrons. The van der Waals surface area contributed by atoms with E-state index < -0.39 is 0 Å². The molecular formula is C8H15N. The molecule has 1 heteroatoms. The van der Waals surface area contributed by atoms with Crippen LogP contribution in [0.25, 0.3) is 0 Å². The largest absolute Gasteiger partial charge is 0.394 e. The molecule has 0 saturated heterocycles. The molecule has 0 bridgehead atoms. The standard InChI is InChI=1S/C8H15N/c1-8(2)6-4-5-7-9-3/h4-9H,1-3H3/b6-4-,7-5-. The topological polar surface area (TPSA) is 12.0 Å². The molecule has 0 aromatic heterocycles. The Hall–Kier alpha value is -0.720. The molecule has 0 aliphatic rings. The van der Waals surface area contributed by atoms with Gasteiger partial charge < -0.3 is 5.32 Å². The van der Waals surface area contributed by atoms with Crippen molar-refractivity contribution in [3.8, 4) is 0 Å².